The summed E-state index contributed by atoms with van der Waals surface area (Å²) in [7, 11) is 0. The molecule has 0 aliphatic carbocycles. The van der Waals surface area contributed by atoms with Gasteiger partial charge in [-0.05, 0) is 24.6 Å². The normalized spacial score (nSPS) is 25.3. The van der Waals surface area contributed by atoms with Gasteiger partial charge < -0.3 is 9.84 Å². The number of morpholine rings is 1. The van der Waals surface area contributed by atoms with Crippen molar-refractivity contribution in [1.82, 2.24) is 4.90 Å². The van der Waals surface area contributed by atoms with Crippen molar-refractivity contribution >= 4 is 11.6 Å². The summed E-state index contributed by atoms with van der Waals surface area (Å²) in [6.45, 7) is 4.04. The molecule has 0 bridgehead atoms. The van der Waals surface area contributed by atoms with Crippen molar-refractivity contribution in [3.05, 3.63) is 34.6 Å². The molecule has 1 aliphatic heterocycles. The molecule has 0 amide bonds. The van der Waals surface area contributed by atoms with E-state index in [1.165, 1.54) is 6.07 Å². The van der Waals surface area contributed by atoms with Crippen LogP contribution in [0, 0.1) is 5.82 Å². The summed E-state index contributed by atoms with van der Waals surface area (Å²) in [5.74, 6) is -0.399. The summed E-state index contributed by atoms with van der Waals surface area (Å²) in [4.78, 5) is 2.20. The van der Waals surface area contributed by atoms with Crippen LogP contribution in [-0.4, -0.2) is 41.9 Å². The highest BCUT2D eigenvalue weighted by molar-refractivity contribution is 6.30. The van der Waals surface area contributed by atoms with Crippen LogP contribution in [0.4, 0.5) is 4.39 Å². The molecule has 1 N–H and O–H groups in total. The van der Waals surface area contributed by atoms with Crippen LogP contribution in [0.5, 0.6) is 0 Å². The highest BCUT2D eigenvalue weighted by atomic mass is 35.5. The molecule has 1 aromatic rings. The zero-order valence-corrected chi connectivity index (χ0v) is 11.0. The van der Waals surface area contributed by atoms with Crippen molar-refractivity contribution in [2.75, 3.05) is 19.8 Å². The number of aliphatic hydroxyl groups is 1. The average molecular weight is 274 g/mol. The first-order valence-corrected chi connectivity index (χ1v) is 6.38. The third-order valence-corrected chi connectivity index (χ3v) is 3.50. The molecule has 2 atom stereocenters. The Morgan fingerprint density at radius 2 is 2.33 bits per heavy atom. The lowest BCUT2D eigenvalue weighted by atomic mass is 10.1. The van der Waals surface area contributed by atoms with E-state index in [2.05, 4.69) is 11.8 Å². The SMILES string of the molecule is CC1COC(CO)CN1Cc1ccc(F)c(Cl)c1. The zero-order chi connectivity index (χ0) is 13.1. The standard InChI is InChI=1S/C13H17ClFNO2/c1-9-8-18-11(7-17)6-16(9)5-10-2-3-13(15)12(14)4-10/h2-4,9,11,17H,5-8H2,1H3. The summed E-state index contributed by atoms with van der Waals surface area (Å²) in [6, 6.07) is 5.04. The Hall–Kier alpha value is -0.680. The molecule has 1 heterocycles. The zero-order valence-electron chi connectivity index (χ0n) is 10.3. The Morgan fingerprint density at radius 1 is 1.56 bits per heavy atom. The second kappa shape index (κ2) is 5.97. The lowest BCUT2D eigenvalue weighted by molar-refractivity contribution is -0.0805. The maximum absolute atomic E-state index is 13.1. The first kappa shape index (κ1) is 13.7. The van der Waals surface area contributed by atoms with E-state index in [0.29, 0.717) is 19.7 Å². The summed E-state index contributed by atoms with van der Waals surface area (Å²) < 4.78 is 18.5. The van der Waals surface area contributed by atoms with Gasteiger partial charge in [-0.3, -0.25) is 4.90 Å². The van der Waals surface area contributed by atoms with Crippen molar-refractivity contribution in [3.63, 3.8) is 0 Å². The molecule has 100 valence electrons. The number of benzene rings is 1. The van der Waals surface area contributed by atoms with Gasteiger partial charge in [0.15, 0.2) is 0 Å². The number of hydrogen-bond donors (Lipinski definition) is 1. The minimum Gasteiger partial charge on any atom is -0.394 e. The summed E-state index contributed by atoms with van der Waals surface area (Å²) >= 11 is 5.77. The maximum Gasteiger partial charge on any atom is 0.141 e. The molecule has 0 spiro atoms. The first-order chi connectivity index (χ1) is 8.60. The Kier molecular flexibility index (Phi) is 4.56. The van der Waals surface area contributed by atoms with Gasteiger partial charge in [0, 0.05) is 19.1 Å². The number of rotatable bonds is 3. The van der Waals surface area contributed by atoms with E-state index < -0.39 is 5.82 Å². The Labute approximate surface area is 111 Å². The molecule has 0 aromatic heterocycles. The topological polar surface area (TPSA) is 32.7 Å². The molecule has 3 nitrogen and oxygen atoms in total. The number of nitrogens with zero attached hydrogens (tertiary/aromatic N) is 1. The van der Waals surface area contributed by atoms with Crippen molar-refractivity contribution in [3.8, 4) is 0 Å². The quantitative estimate of drug-likeness (QED) is 0.915. The van der Waals surface area contributed by atoms with Gasteiger partial charge >= 0.3 is 0 Å². The molecule has 2 unspecified atom stereocenters. The minimum absolute atomic E-state index is 0.0212. The largest absolute Gasteiger partial charge is 0.394 e. The van der Waals surface area contributed by atoms with Crippen molar-refractivity contribution in [1.29, 1.82) is 0 Å². The van der Waals surface area contributed by atoms with Crippen LogP contribution in [0.15, 0.2) is 18.2 Å². The first-order valence-electron chi connectivity index (χ1n) is 6.00. The van der Waals surface area contributed by atoms with Gasteiger partial charge in [-0.15, -0.1) is 0 Å². The van der Waals surface area contributed by atoms with Crippen LogP contribution >= 0.6 is 11.6 Å². The van der Waals surface area contributed by atoms with Crippen LogP contribution in [0.25, 0.3) is 0 Å². The third kappa shape index (κ3) is 3.20. The number of hydrogen-bond acceptors (Lipinski definition) is 3. The van der Waals surface area contributed by atoms with Crippen LogP contribution in [-0.2, 0) is 11.3 Å². The van der Waals surface area contributed by atoms with Gasteiger partial charge in [0.2, 0.25) is 0 Å². The third-order valence-electron chi connectivity index (χ3n) is 3.21. The van der Waals surface area contributed by atoms with Gasteiger partial charge in [0.1, 0.15) is 5.82 Å². The molecule has 1 saturated heterocycles. The summed E-state index contributed by atoms with van der Waals surface area (Å²) in [6.07, 6.45) is -0.142. The van der Waals surface area contributed by atoms with E-state index in [1.807, 2.05) is 0 Å². The molecule has 5 heteroatoms. The van der Waals surface area contributed by atoms with Gasteiger partial charge in [-0.2, -0.15) is 0 Å². The van der Waals surface area contributed by atoms with Crippen LogP contribution in [0.3, 0.4) is 0 Å². The van der Waals surface area contributed by atoms with E-state index in [4.69, 9.17) is 21.4 Å². The Morgan fingerprint density at radius 3 is 3.00 bits per heavy atom. The molecule has 1 fully saturated rings. The fourth-order valence-corrected chi connectivity index (χ4v) is 2.28. The van der Waals surface area contributed by atoms with Crippen molar-refractivity contribution < 1.29 is 14.2 Å². The van der Waals surface area contributed by atoms with Crippen LogP contribution < -0.4 is 0 Å². The summed E-state index contributed by atoms with van der Waals surface area (Å²) in [5, 5.41) is 9.26. The van der Waals surface area contributed by atoms with Gasteiger partial charge in [-0.1, -0.05) is 17.7 Å². The molecular weight excluding hydrogens is 257 g/mol. The molecule has 0 saturated carbocycles. The molecular formula is C13H17ClFNO2. The average Bonchev–Trinajstić information content (AvgIpc) is 2.36. The highest BCUT2D eigenvalue weighted by Gasteiger charge is 2.25. The lowest BCUT2D eigenvalue weighted by Gasteiger charge is -2.37. The number of aliphatic hydroxyl groups excluding tert-OH is 1. The maximum atomic E-state index is 13.1. The fraction of sp³-hybridized carbons (Fsp3) is 0.538. The molecule has 1 aliphatic rings. The van der Waals surface area contributed by atoms with Crippen LogP contribution in [0.1, 0.15) is 12.5 Å². The lowest BCUT2D eigenvalue weighted by Crippen LogP contribution is -2.48. The predicted molar refractivity (Wildman–Crippen MR) is 68.1 cm³/mol. The van der Waals surface area contributed by atoms with Gasteiger partial charge in [0.05, 0.1) is 24.3 Å². The predicted octanol–water partition coefficient (Wildman–Crippen LogP) is 2.06. The number of ether oxygens (including phenoxy) is 1. The monoisotopic (exact) mass is 273 g/mol. The van der Waals surface area contributed by atoms with Gasteiger partial charge in [0.25, 0.3) is 0 Å². The second-order valence-corrected chi connectivity index (χ2v) is 5.07. The molecule has 18 heavy (non-hydrogen) atoms. The molecule has 2 rings (SSSR count). The van der Waals surface area contributed by atoms with E-state index in [1.54, 1.807) is 12.1 Å². The smallest absolute Gasteiger partial charge is 0.141 e. The molecule has 0 radical (unpaired) electrons. The highest BCUT2D eigenvalue weighted by Crippen LogP contribution is 2.20. The van der Waals surface area contributed by atoms with Crippen molar-refractivity contribution in [2.24, 2.45) is 0 Å². The van der Waals surface area contributed by atoms with Crippen molar-refractivity contribution in [2.45, 2.75) is 25.6 Å². The van der Waals surface area contributed by atoms with E-state index in [0.717, 1.165) is 5.56 Å². The van der Waals surface area contributed by atoms with E-state index in [-0.39, 0.29) is 23.8 Å². The van der Waals surface area contributed by atoms with Crippen LogP contribution in [0.2, 0.25) is 5.02 Å². The van der Waals surface area contributed by atoms with E-state index >= 15 is 0 Å². The fourth-order valence-electron chi connectivity index (χ4n) is 2.08. The Balaban J connectivity index is 2.04. The second-order valence-electron chi connectivity index (χ2n) is 4.66. The summed E-state index contributed by atoms with van der Waals surface area (Å²) in [5.41, 5.74) is 0.965. The van der Waals surface area contributed by atoms with E-state index in [9.17, 15) is 4.39 Å². The Bertz CT molecular complexity index is 416. The molecule has 1 aromatic carbocycles. The minimum atomic E-state index is -0.399. The van der Waals surface area contributed by atoms with Gasteiger partial charge in [-0.25, -0.2) is 4.39 Å². The number of halogens is 2.